The zero-order chi connectivity index (χ0) is 61.2. The van der Waals surface area contributed by atoms with E-state index in [1.807, 2.05) is 6.08 Å². The lowest BCUT2D eigenvalue weighted by Gasteiger charge is -2.48. The lowest BCUT2D eigenvalue weighted by atomic mass is 9.96. The van der Waals surface area contributed by atoms with Crippen LogP contribution in [0.4, 0.5) is 0 Å². The second-order valence-corrected chi connectivity index (χ2v) is 23.9. The van der Waals surface area contributed by atoms with Gasteiger partial charge >= 0.3 is 0 Å². The Morgan fingerprint density at radius 2 is 0.762 bits per heavy atom. The summed E-state index contributed by atoms with van der Waals surface area (Å²) in [4.78, 5) is 13.4. The summed E-state index contributed by atoms with van der Waals surface area (Å²) in [6, 6.07) is -0.993. The molecule has 3 heterocycles. The van der Waals surface area contributed by atoms with Gasteiger partial charge in [0, 0.05) is 6.42 Å². The number of hydrogen-bond donors (Lipinski definition) is 12. The van der Waals surface area contributed by atoms with E-state index >= 15 is 0 Å². The fourth-order valence-corrected chi connectivity index (χ4v) is 11.2. The van der Waals surface area contributed by atoms with Gasteiger partial charge in [-0.05, 0) is 44.9 Å². The maximum atomic E-state index is 13.4. The molecular formula is C65H119NO18. The molecule has 1 amide bonds. The van der Waals surface area contributed by atoms with Crippen LogP contribution in [0, 0.1) is 0 Å². The van der Waals surface area contributed by atoms with Gasteiger partial charge in [0.15, 0.2) is 18.9 Å². The van der Waals surface area contributed by atoms with Crippen LogP contribution in [-0.4, -0.2) is 193 Å². The van der Waals surface area contributed by atoms with Crippen LogP contribution >= 0.6 is 0 Å². The van der Waals surface area contributed by atoms with E-state index in [0.29, 0.717) is 12.8 Å². The molecular weight excluding hydrogens is 1080 g/mol. The van der Waals surface area contributed by atoms with Crippen molar-refractivity contribution in [3.8, 4) is 0 Å². The van der Waals surface area contributed by atoms with Gasteiger partial charge in [-0.15, -0.1) is 0 Å². The number of carbonyl (C=O) groups excluding carboxylic acids is 1. The van der Waals surface area contributed by atoms with Crippen molar-refractivity contribution in [3.05, 3.63) is 36.5 Å². The molecule has 0 bridgehead atoms. The van der Waals surface area contributed by atoms with Crippen LogP contribution in [0.2, 0.25) is 0 Å². The fourth-order valence-electron chi connectivity index (χ4n) is 11.2. The Kier molecular flexibility index (Phi) is 43.5. The molecule has 3 rings (SSSR count). The van der Waals surface area contributed by atoms with Crippen LogP contribution in [0.3, 0.4) is 0 Å². The quantitative estimate of drug-likeness (QED) is 0.0205. The Hall–Kier alpha value is -1.99. The molecule has 0 aromatic heterocycles. The third kappa shape index (κ3) is 30.5. The number of ether oxygens (including phenoxy) is 6. The first kappa shape index (κ1) is 76.3. The van der Waals surface area contributed by atoms with Crippen LogP contribution in [0.15, 0.2) is 36.5 Å². The number of allylic oxidation sites excluding steroid dienone is 5. The zero-order valence-electron chi connectivity index (χ0n) is 51.6. The first-order chi connectivity index (χ1) is 40.8. The Labute approximate surface area is 504 Å². The van der Waals surface area contributed by atoms with Crippen LogP contribution < -0.4 is 5.32 Å². The van der Waals surface area contributed by atoms with Gasteiger partial charge in [-0.2, -0.15) is 0 Å². The molecule has 84 heavy (non-hydrogen) atoms. The molecule has 3 fully saturated rings. The molecule has 3 aliphatic heterocycles. The minimum absolute atomic E-state index is 0.236. The third-order valence-corrected chi connectivity index (χ3v) is 16.7. The van der Waals surface area contributed by atoms with Crippen molar-refractivity contribution in [1.82, 2.24) is 5.32 Å². The fraction of sp³-hybridized carbons (Fsp3) is 0.892. The third-order valence-electron chi connectivity index (χ3n) is 16.7. The number of nitrogens with one attached hydrogen (secondary N) is 1. The highest BCUT2D eigenvalue weighted by Gasteiger charge is 2.53. The van der Waals surface area contributed by atoms with Gasteiger partial charge in [-0.25, -0.2) is 0 Å². The Bertz CT molecular complexity index is 1670. The summed E-state index contributed by atoms with van der Waals surface area (Å²) in [6.07, 6.45) is 27.1. The van der Waals surface area contributed by atoms with Crippen molar-refractivity contribution < 1.29 is 89.4 Å². The van der Waals surface area contributed by atoms with Crippen LogP contribution in [0.5, 0.6) is 0 Å². The van der Waals surface area contributed by atoms with Gasteiger partial charge in [-0.3, -0.25) is 4.79 Å². The maximum absolute atomic E-state index is 13.4. The molecule has 19 nitrogen and oxygen atoms in total. The van der Waals surface area contributed by atoms with Crippen molar-refractivity contribution in [2.24, 2.45) is 0 Å². The largest absolute Gasteiger partial charge is 0.394 e. The topological polar surface area (TPSA) is 307 Å². The van der Waals surface area contributed by atoms with E-state index in [-0.39, 0.29) is 18.9 Å². The number of aliphatic hydroxyl groups excluding tert-OH is 11. The maximum Gasteiger partial charge on any atom is 0.220 e. The normalized spacial score (nSPS) is 29.4. The summed E-state index contributed by atoms with van der Waals surface area (Å²) >= 11 is 0. The molecule has 3 aliphatic rings. The summed E-state index contributed by atoms with van der Waals surface area (Å²) in [5.74, 6) is -0.287. The number of unbranched alkanes of at least 4 members (excludes halogenated alkanes) is 30. The van der Waals surface area contributed by atoms with Gasteiger partial charge in [0.25, 0.3) is 0 Å². The molecule has 0 spiro atoms. The van der Waals surface area contributed by atoms with E-state index < -0.39 is 124 Å². The van der Waals surface area contributed by atoms with Gasteiger partial charge in [-0.1, -0.05) is 224 Å². The summed E-state index contributed by atoms with van der Waals surface area (Å²) in [7, 11) is 0. The van der Waals surface area contributed by atoms with Crippen molar-refractivity contribution >= 4 is 5.91 Å². The standard InChI is InChI=1S/C65H119NO18/c1-3-5-7-9-11-13-15-17-19-20-21-22-23-24-25-26-27-28-29-31-33-35-37-39-41-43-53(71)66-48(49(70)42-40-38-36-34-32-30-18-16-14-12-10-8-6-4-2)47-79-63-59(77)56(74)61(51(45-68)81-63)84-65-60(78)57(75)62(52(46-69)82-65)83-64-58(76)55(73)54(72)50(44-67)80-64/h14,16,32,34,40,42,48-52,54-65,67-70,72-78H,3-13,15,17-31,33,35-39,41,43-47H2,1-2H3,(H,66,71)/b16-14+,34-32+,42-40+. The molecule has 0 radical (unpaired) electrons. The molecule has 492 valence electrons. The highest BCUT2D eigenvalue weighted by atomic mass is 16.8. The Balaban J connectivity index is 1.44. The molecule has 17 atom stereocenters. The van der Waals surface area contributed by atoms with Crippen molar-refractivity contribution in [2.45, 2.75) is 343 Å². The number of rotatable bonds is 50. The monoisotopic (exact) mass is 1200 g/mol. The van der Waals surface area contributed by atoms with E-state index in [1.54, 1.807) is 6.08 Å². The van der Waals surface area contributed by atoms with E-state index in [2.05, 4.69) is 43.5 Å². The van der Waals surface area contributed by atoms with Gasteiger partial charge in [0.1, 0.15) is 73.2 Å². The first-order valence-electron chi connectivity index (χ1n) is 33.2. The molecule has 3 saturated heterocycles. The Morgan fingerprint density at radius 3 is 1.19 bits per heavy atom. The molecule has 0 aliphatic carbocycles. The van der Waals surface area contributed by atoms with Crippen molar-refractivity contribution in [1.29, 1.82) is 0 Å². The highest BCUT2D eigenvalue weighted by molar-refractivity contribution is 5.76. The number of hydrogen-bond acceptors (Lipinski definition) is 18. The second kappa shape index (κ2) is 47.9. The molecule has 12 N–H and O–H groups in total. The molecule has 0 aromatic carbocycles. The van der Waals surface area contributed by atoms with Gasteiger partial charge in [0.05, 0.1) is 38.6 Å². The van der Waals surface area contributed by atoms with Crippen molar-refractivity contribution in [3.63, 3.8) is 0 Å². The number of carbonyl (C=O) groups is 1. The SMILES string of the molecule is CCCCCC/C=C/CC/C=C/CC/C=C/C(O)C(COC1OC(CO)C(OC2OC(CO)C(OC3OC(CO)C(O)C(O)C3O)C(O)C2O)C(O)C1O)NC(=O)CCCCCCCCCCCCCCCCCCCCCCCCCCC. The lowest BCUT2D eigenvalue weighted by Crippen LogP contribution is -2.66. The average Bonchev–Trinajstić information content (AvgIpc) is 2.99. The van der Waals surface area contributed by atoms with E-state index in [9.17, 15) is 61.0 Å². The predicted molar refractivity (Wildman–Crippen MR) is 323 cm³/mol. The summed E-state index contributed by atoms with van der Waals surface area (Å²) in [5.41, 5.74) is 0. The zero-order valence-corrected chi connectivity index (χ0v) is 51.6. The lowest BCUT2D eigenvalue weighted by molar-refractivity contribution is -0.379. The summed E-state index contributed by atoms with van der Waals surface area (Å²) < 4.78 is 34.3. The van der Waals surface area contributed by atoms with Crippen molar-refractivity contribution in [2.75, 3.05) is 26.4 Å². The van der Waals surface area contributed by atoms with Gasteiger partial charge < -0.3 is 89.9 Å². The summed E-state index contributed by atoms with van der Waals surface area (Å²) in [5, 5.41) is 120. The smallest absolute Gasteiger partial charge is 0.220 e. The Morgan fingerprint density at radius 1 is 0.417 bits per heavy atom. The molecule has 17 unspecified atom stereocenters. The van der Waals surface area contributed by atoms with Crippen LogP contribution in [0.25, 0.3) is 0 Å². The molecule has 0 saturated carbocycles. The van der Waals surface area contributed by atoms with E-state index in [0.717, 1.165) is 44.9 Å². The van der Waals surface area contributed by atoms with E-state index in [1.165, 1.54) is 161 Å². The van der Waals surface area contributed by atoms with Crippen LogP contribution in [-0.2, 0) is 33.2 Å². The number of amides is 1. The number of aliphatic hydroxyl groups is 11. The second-order valence-electron chi connectivity index (χ2n) is 23.9. The van der Waals surface area contributed by atoms with E-state index in [4.69, 9.17) is 28.4 Å². The van der Waals surface area contributed by atoms with Crippen LogP contribution in [0.1, 0.15) is 239 Å². The predicted octanol–water partition coefficient (Wildman–Crippen LogP) is 7.66. The summed E-state index contributed by atoms with van der Waals surface area (Å²) in [6.45, 7) is 1.69. The molecule has 0 aromatic rings. The minimum atomic E-state index is -1.98. The molecule has 19 heteroatoms. The highest BCUT2D eigenvalue weighted by Crippen LogP contribution is 2.33. The first-order valence-corrected chi connectivity index (χ1v) is 33.2. The van der Waals surface area contributed by atoms with Gasteiger partial charge in [0.2, 0.25) is 5.91 Å². The average molecular weight is 1200 g/mol. The minimum Gasteiger partial charge on any atom is -0.394 e.